The molecular weight excluding hydrogens is 250 g/mol. The van der Waals surface area contributed by atoms with Gasteiger partial charge in [-0.2, -0.15) is 0 Å². The van der Waals surface area contributed by atoms with E-state index in [4.69, 9.17) is 15.8 Å². The van der Waals surface area contributed by atoms with Crippen LogP contribution in [0.25, 0.3) is 0 Å². The molecule has 4 nitrogen and oxygen atoms in total. The maximum absolute atomic E-state index is 8.83. The minimum absolute atomic E-state index is 0. The summed E-state index contributed by atoms with van der Waals surface area (Å²) in [7, 11) is 0. The van der Waals surface area contributed by atoms with E-state index in [-0.39, 0.29) is 56.9 Å². The van der Waals surface area contributed by atoms with E-state index in [0.29, 0.717) is 0 Å². The molecule has 0 spiro atoms. The van der Waals surface area contributed by atoms with Gasteiger partial charge in [0.05, 0.1) is 0 Å². The zero-order valence-corrected chi connectivity index (χ0v) is 11.3. The van der Waals surface area contributed by atoms with E-state index in [9.17, 15) is 0 Å². The summed E-state index contributed by atoms with van der Waals surface area (Å²) in [6, 6.07) is 0. The van der Waals surface area contributed by atoms with Crippen molar-refractivity contribution in [2.24, 2.45) is 0 Å². The standard InChI is InChI=1S/Cd.Na.2H2O.2O.V/h;;2*1H2;;;/q;+1;;;;-1;+2/p-2. The van der Waals surface area contributed by atoms with Crippen molar-refractivity contribution in [1.29, 1.82) is 0 Å². The number of hydrogen-bond acceptors (Lipinski definition) is 2. The molecule has 34 valence electrons. The van der Waals surface area contributed by atoms with Crippen molar-refractivity contribution < 1.29 is 87.6 Å². The summed E-state index contributed by atoms with van der Waals surface area (Å²) in [5.41, 5.74) is 0. The Morgan fingerprint density at radius 1 is 1.43 bits per heavy atom. The molecule has 0 fully saturated rings. The Balaban J connectivity index is -0.0000000800. The van der Waals surface area contributed by atoms with Gasteiger partial charge in [0.25, 0.3) is 0 Å². The van der Waals surface area contributed by atoms with E-state index in [2.05, 4.69) is 0 Å². The molecule has 0 aliphatic rings. The Bertz CT molecular complexity index is 57.8. The second-order valence-electron chi connectivity index (χ2n) is 0.491. The molecule has 0 radical (unpaired) electrons. The monoisotopic (exact) mass is 254 g/mol. The molecule has 0 aliphatic heterocycles. The topological polar surface area (TPSA) is 80.6 Å². The van der Waals surface area contributed by atoms with Gasteiger partial charge in [0.2, 0.25) is 0 Å². The predicted molar refractivity (Wildman–Crippen MR) is 5.12 cm³/mol. The first kappa shape index (κ1) is 16.1. The van der Waals surface area contributed by atoms with Gasteiger partial charge in [-0.25, -0.2) is 0 Å². The summed E-state index contributed by atoms with van der Waals surface area (Å²) in [5.74, 6) is 0. The van der Waals surface area contributed by atoms with Crippen molar-refractivity contribution in [3.05, 3.63) is 0 Å². The van der Waals surface area contributed by atoms with Crippen LogP contribution in [-0.4, -0.2) is 8.06 Å². The van der Waals surface area contributed by atoms with E-state index in [1.807, 2.05) is 0 Å². The molecule has 0 saturated carbocycles. The molecule has 0 aliphatic carbocycles. The molecule has 7 heteroatoms. The van der Waals surface area contributed by atoms with Crippen LogP contribution in [0, 0.1) is 0 Å². The Hall–Kier alpha value is 2.19. The predicted octanol–water partition coefficient (Wildman–Crippen LogP) is -5.42. The third-order valence-corrected chi connectivity index (χ3v) is 0. The molecule has 0 aromatic carbocycles. The van der Waals surface area contributed by atoms with E-state index in [0.717, 1.165) is 0 Å². The van der Waals surface area contributed by atoms with Gasteiger partial charge in [0.1, 0.15) is 0 Å². The van der Waals surface area contributed by atoms with Gasteiger partial charge in [-0.1, -0.05) is 0 Å². The van der Waals surface area contributed by atoms with Crippen LogP contribution in [0.3, 0.4) is 0 Å². The summed E-state index contributed by atoms with van der Waals surface area (Å²) in [6.07, 6.45) is 0. The summed E-state index contributed by atoms with van der Waals surface area (Å²) in [5, 5.41) is 0. The molecule has 0 saturated heterocycles. The summed E-state index contributed by atoms with van der Waals surface area (Å²) in [6.45, 7) is 0. The Kier molecular flexibility index (Phi) is 14.5. The van der Waals surface area contributed by atoms with Crippen molar-refractivity contribution in [3.63, 3.8) is 0 Å². The first-order valence-electron chi connectivity index (χ1n) is 0.765. The SMILES string of the molecule is [Cd].[Na+].[O]=[V]([O-])([OH])[OH]. The normalized spacial score (nSPS) is 8.43. The second-order valence-corrected chi connectivity index (χ2v) is 2.02. The zero-order chi connectivity index (χ0) is 4.50. The fourth-order valence-corrected chi connectivity index (χ4v) is 0. The first-order chi connectivity index (χ1) is 2.00. The van der Waals surface area contributed by atoms with Crippen LogP contribution < -0.4 is 33.6 Å². The average Bonchev–Trinajstić information content (AvgIpc) is 0.722. The van der Waals surface area contributed by atoms with Gasteiger partial charge in [-0.05, 0) is 0 Å². The van der Waals surface area contributed by atoms with Crippen LogP contribution in [0.15, 0.2) is 0 Å². The van der Waals surface area contributed by atoms with Crippen molar-refractivity contribution in [2.45, 2.75) is 0 Å². The van der Waals surface area contributed by atoms with Crippen LogP contribution in [0.2, 0.25) is 0 Å². The number of rotatable bonds is 0. The second kappa shape index (κ2) is 6.31. The molecule has 0 aromatic heterocycles. The molecular formula is H2CdNaO4V. The van der Waals surface area contributed by atoms with Gasteiger partial charge in [0, 0.05) is 27.3 Å². The van der Waals surface area contributed by atoms with E-state index in [1.54, 1.807) is 0 Å². The molecule has 0 aromatic rings. The van der Waals surface area contributed by atoms with Crippen LogP contribution in [-0.2, 0) is 46.0 Å². The minimum atomic E-state index is -5.38. The first-order valence-corrected chi connectivity index (χ1v) is 3.15. The molecule has 0 heterocycles. The summed E-state index contributed by atoms with van der Waals surface area (Å²) in [4.78, 5) is 0. The quantitative estimate of drug-likeness (QED) is 0.422. The molecule has 0 unspecified atom stereocenters. The van der Waals surface area contributed by atoms with Crippen molar-refractivity contribution in [1.82, 2.24) is 0 Å². The Morgan fingerprint density at radius 3 is 1.43 bits per heavy atom. The maximum atomic E-state index is 8.83. The van der Waals surface area contributed by atoms with Crippen molar-refractivity contribution >= 4 is 0 Å². The van der Waals surface area contributed by atoms with Gasteiger partial charge in [-0.3, -0.25) is 0 Å². The molecule has 2 N–H and O–H groups in total. The van der Waals surface area contributed by atoms with Crippen LogP contribution >= 0.6 is 0 Å². The number of hydrogen-bond donors (Lipinski definition) is 2. The van der Waals surface area contributed by atoms with Crippen molar-refractivity contribution in [3.8, 4) is 0 Å². The van der Waals surface area contributed by atoms with Crippen molar-refractivity contribution in [2.75, 3.05) is 0 Å². The fourth-order valence-electron chi connectivity index (χ4n) is 0. The Morgan fingerprint density at radius 2 is 1.43 bits per heavy atom. The molecule has 0 rings (SSSR count). The average molecular weight is 252 g/mol. The third kappa shape index (κ3) is 65.5. The van der Waals surface area contributed by atoms with Gasteiger partial charge >= 0.3 is 60.4 Å². The van der Waals surface area contributed by atoms with E-state index >= 15 is 0 Å². The molecule has 0 bridgehead atoms. The van der Waals surface area contributed by atoms with Crippen LogP contribution in [0.5, 0.6) is 0 Å². The van der Waals surface area contributed by atoms with Gasteiger partial charge in [0.15, 0.2) is 0 Å². The van der Waals surface area contributed by atoms with E-state index < -0.39 is 15.0 Å². The van der Waals surface area contributed by atoms with Gasteiger partial charge < -0.3 is 0 Å². The molecule has 0 amide bonds. The summed E-state index contributed by atoms with van der Waals surface area (Å²) < 4.78 is 31.9. The van der Waals surface area contributed by atoms with Gasteiger partial charge in [-0.15, -0.1) is 0 Å². The Labute approximate surface area is 86.3 Å². The third-order valence-electron chi connectivity index (χ3n) is 0. The zero-order valence-electron chi connectivity index (χ0n) is 3.87. The van der Waals surface area contributed by atoms with Crippen LogP contribution in [0.1, 0.15) is 0 Å². The molecule has 7 heavy (non-hydrogen) atoms. The fraction of sp³-hybridized carbons (Fsp3) is 0. The summed E-state index contributed by atoms with van der Waals surface area (Å²) >= 11 is -5.38. The van der Waals surface area contributed by atoms with Crippen LogP contribution in [0.4, 0.5) is 0 Å². The molecule has 0 atom stereocenters. The van der Waals surface area contributed by atoms with E-state index in [1.165, 1.54) is 0 Å².